The summed E-state index contributed by atoms with van der Waals surface area (Å²) in [5.74, 6) is 2.24. The maximum absolute atomic E-state index is 5.80. The highest BCUT2D eigenvalue weighted by atomic mass is 16.5. The molecule has 25 heavy (non-hydrogen) atoms. The zero-order valence-corrected chi connectivity index (χ0v) is 15.8. The van der Waals surface area contributed by atoms with Crippen LogP contribution in [-0.4, -0.2) is 34.8 Å². The molecule has 0 amide bonds. The molecule has 1 atom stereocenters. The van der Waals surface area contributed by atoms with Crippen molar-refractivity contribution in [2.45, 2.75) is 52.5 Å². The molecule has 3 rings (SSSR count). The molecule has 1 N–H and O–H groups in total. The minimum absolute atomic E-state index is 0.559. The summed E-state index contributed by atoms with van der Waals surface area (Å²) in [5.41, 5.74) is 4.05. The lowest BCUT2D eigenvalue weighted by Gasteiger charge is -2.33. The van der Waals surface area contributed by atoms with Crippen LogP contribution in [0.3, 0.4) is 0 Å². The van der Waals surface area contributed by atoms with E-state index in [1.807, 2.05) is 13.1 Å². The number of piperidine rings is 1. The van der Waals surface area contributed by atoms with Crippen molar-refractivity contribution < 1.29 is 4.74 Å². The Hall–Kier alpha value is -1.81. The van der Waals surface area contributed by atoms with Crippen molar-refractivity contribution >= 4 is 0 Å². The van der Waals surface area contributed by atoms with Crippen LogP contribution in [0.25, 0.3) is 0 Å². The minimum Gasteiger partial charge on any atom is -0.494 e. The van der Waals surface area contributed by atoms with Crippen LogP contribution in [0.1, 0.15) is 56.4 Å². The zero-order valence-electron chi connectivity index (χ0n) is 15.8. The van der Waals surface area contributed by atoms with E-state index in [-0.39, 0.29) is 0 Å². The van der Waals surface area contributed by atoms with Gasteiger partial charge >= 0.3 is 0 Å². The number of hydrogen-bond acceptors (Lipinski definition) is 3. The van der Waals surface area contributed by atoms with E-state index in [2.05, 4.69) is 53.2 Å². The second-order valence-electron chi connectivity index (χ2n) is 7.52. The van der Waals surface area contributed by atoms with Crippen LogP contribution in [-0.2, 0) is 13.0 Å². The maximum atomic E-state index is 5.80. The zero-order chi connectivity index (χ0) is 17.6. The summed E-state index contributed by atoms with van der Waals surface area (Å²) in [7, 11) is 0. The first kappa shape index (κ1) is 18.0. The molecule has 0 unspecified atom stereocenters. The van der Waals surface area contributed by atoms with Gasteiger partial charge in [-0.25, -0.2) is 0 Å². The lowest BCUT2D eigenvalue weighted by Crippen LogP contribution is -2.34. The van der Waals surface area contributed by atoms with Crippen LogP contribution < -0.4 is 4.74 Å². The van der Waals surface area contributed by atoms with Crippen molar-refractivity contribution in [3.8, 4) is 5.75 Å². The fourth-order valence-corrected chi connectivity index (χ4v) is 3.88. The summed E-state index contributed by atoms with van der Waals surface area (Å²) in [6.45, 7) is 10.5. The van der Waals surface area contributed by atoms with Gasteiger partial charge in [0.2, 0.25) is 0 Å². The van der Waals surface area contributed by atoms with Crippen molar-refractivity contribution in [3.63, 3.8) is 0 Å². The topological polar surface area (TPSA) is 41.1 Å². The molecular formula is C21H31N3O. The third kappa shape index (κ3) is 4.63. The molecule has 0 aliphatic carbocycles. The van der Waals surface area contributed by atoms with E-state index >= 15 is 0 Å². The fourth-order valence-electron chi connectivity index (χ4n) is 3.88. The van der Waals surface area contributed by atoms with Gasteiger partial charge in [0.05, 0.1) is 12.8 Å². The summed E-state index contributed by atoms with van der Waals surface area (Å²) in [5, 5.41) is 7.63. The monoisotopic (exact) mass is 341 g/mol. The highest BCUT2D eigenvalue weighted by Gasteiger charge is 2.25. The molecular weight excluding hydrogens is 310 g/mol. The van der Waals surface area contributed by atoms with Gasteiger partial charge < -0.3 is 4.74 Å². The van der Waals surface area contributed by atoms with Gasteiger partial charge in [0.15, 0.2) is 0 Å². The van der Waals surface area contributed by atoms with Gasteiger partial charge in [-0.1, -0.05) is 32.0 Å². The third-order valence-corrected chi connectivity index (χ3v) is 4.96. The molecule has 1 aliphatic rings. The molecule has 1 aliphatic heterocycles. The number of likely N-dealkylation sites (tertiary alicyclic amines) is 1. The SMILES string of the molecule is CCOc1ccccc1CN1CCC[C@@H](c2[nH]ncc2CC(C)C)C1. The van der Waals surface area contributed by atoms with Crippen molar-refractivity contribution in [3.05, 3.63) is 47.3 Å². The summed E-state index contributed by atoms with van der Waals surface area (Å²) < 4.78 is 5.80. The number of nitrogens with one attached hydrogen (secondary N) is 1. The van der Waals surface area contributed by atoms with Gasteiger partial charge in [-0.05, 0) is 50.3 Å². The van der Waals surface area contributed by atoms with Gasteiger partial charge in [0.25, 0.3) is 0 Å². The molecule has 1 aromatic carbocycles. The molecule has 0 bridgehead atoms. The molecule has 4 heteroatoms. The molecule has 136 valence electrons. The first-order valence-corrected chi connectivity index (χ1v) is 9.62. The van der Waals surface area contributed by atoms with Crippen molar-refractivity contribution in [2.24, 2.45) is 5.92 Å². The quantitative estimate of drug-likeness (QED) is 0.812. The van der Waals surface area contributed by atoms with E-state index < -0.39 is 0 Å². The summed E-state index contributed by atoms with van der Waals surface area (Å²) >= 11 is 0. The molecule has 1 aromatic heterocycles. The third-order valence-electron chi connectivity index (χ3n) is 4.96. The van der Waals surface area contributed by atoms with Gasteiger partial charge in [-0.3, -0.25) is 10.00 Å². The number of nitrogens with zero attached hydrogens (tertiary/aromatic N) is 2. The standard InChI is InChI=1S/C21H31N3O/c1-4-25-20-10-6-5-8-17(20)14-24-11-7-9-18(15-24)21-19(12-16(2)3)13-22-23-21/h5-6,8,10,13,16,18H,4,7,9,11-12,14-15H2,1-3H3,(H,22,23)/t18-/m1/s1. The van der Waals surface area contributed by atoms with Crippen LogP contribution in [0.5, 0.6) is 5.75 Å². The molecule has 1 saturated heterocycles. The number of benzene rings is 1. The molecule has 0 radical (unpaired) electrons. The molecule has 0 saturated carbocycles. The molecule has 2 heterocycles. The number of aromatic amines is 1. The Morgan fingerprint density at radius 2 is 2.12 bits per heavy atom. The van der Waals surface area contributed by atoms with Gasteiger partial charge in [0.1, 0.15) is 5.75 Å². The normalized spacial score (nSPS) is 18.6. The predicted molar refractivity (Wildman–Crippen MR) is 102 cm³/mol. The molecule has 2 aromatic rings. The Labute approximate surface area is 151 Å². The smallest absolute Gasteiger partial charge is 0.123 e. The van der Waals surface area contributed by atoms with Crippen LogP contribution in [0.4, 0.5) is 0 Å². The van der Waals surface area contributed by atoms with E-state index in [1.165, 1.54) is 29.7 Å². The maximum Gasteiger partial charge on any atom is 0.123 e. The molecule has 0 spiro atoms. The summed E-state index contributed by atoms with van der Waals surface area (Å²) in [4.78, 5) is 2.56. The number of para-hydroxylation sites is 1. The first-order chi connectivity index (χ1) is 12.2. The predicted octanol–water partition coefficient (Wildman–Crippen LogP) is 4.39. The first-order valence-electron chi connectivity index (χ1n) is 9.62. The van der Waals surface area contributed by atoms with Gasteiger partial charge in [-0.2, -0.15) is 5.10 Å². The number of ether oxygens (including phenoxy) is 1. The Kier molecular flexibility index (Phi) is 6.14. The van der Waals surface area contributed by atoms with Gasteiger partial charge in [-0.15, -0.1) is 0 Å². The van der Waals surface area contributed by atoms with Crippen LogP contribution in [0.2, 0.25) is 0 Å². The summed E-state index contributed by atoms with van der Waals surface area (Å²) in [6, 6.07) is 8.43. The molecule has 1 fully saturated rings. The Balaban J connectivity index is 1.69. The average Bonchev–Trinajstić information content (AvgIpc) is 3.04. The van der Waals surface area contributed by atoms with E-state index in [0.29, 0.717) is 18.4 Å². The second kappa shape index (κ2) is 8.52. The summed E-state index contributed by atoms with van der Waals surface area (Å²) in [6.07, 6.45) is 5.62. The second-order valence-corrected chi connectivity index (χ2v) is 7.52. The van der Waals surface area contributed by atoms with Crippen molar-refractivity contribution in [1.82, 2.24) is 15.1 Å². The Morgan fingerprint density at radius 1 is 1.28 bits per heavy atom. The largest absolute Gasteiger partial charge is 0.494 e. The Morgan fingerprint density at radius 3 is 2.92 bits per heavy atom. The number of aromatic nitrogens is 2. The van der Waals surface area contributed by atoms with E-state index in [9.17, 15) is 0 Å². The number of hydrogen-bond donors (Lipinski definition) is 1. The lowest BCUT2D eigenvalue weighted by molar-refractivity contribution is 0.195. The van der Waals surface area contributed by atoms with Gasteiger partial charge in [0, 0.05) is 30.3 Å². The minimum atomic E-state index is 0.559. The lowest BCUT2D eigenvalue weighted by atomic mass is 9.90. The average molecular weight is 341 g/mol. The number of H-pyrrole nitrogens is 1. The van der Waals surface area contributed by atoms with E-state index in [1.54, 1.807) is 0 Å². The van der Waals surface area contributed by atoms with E-state index in [0.717, 1.165) is 31.8 Å². The van der Waals surface area contributed by atoms with Crippen LogP contribution in [0, 0.1) is 5.92 Å². The highest BCUT2D eigenvalue weighted by molar-refractivity contribution is 5.33. The molecule has 4 nitrogen and oxygen atoms in total. The fraction of sp³-hybridized carbons (Fsp3) is 0.571. The Bertz CT molecular complexity index is 665. The van der Waals surface area contributed by atoms with Crippen molar-refractivity contribution in [2.75, 3.05) is 19.7 Å². The van der Waals surface area contributed by atoms with Crippen LogP contribution >= 0.6 is 0 Å². The van der Waals surface area contributed by atoms with Crippen LogP contribution in [0.15, 0.2) is 30.5 Å². The highest BCUT2D eigenvalue weighted by Crippen LogP contribution is 2.30. The van der Waals surface area contributed by atoms with E-state index in [4.69, 9.17) is 4.74 Å². The van der Waals surface area contributed by atoms with Crippen molar-refractivity contribution in [1.29, 1.82) is 0 Å². The number of rotatable bonds is 7.